The van der Waals surface area contributed by atoms with Crippen molar-refractivity contribution < 1.29 is 9.18 Å². The molecule has 80 valence electrons. The predicted molar refractivity (Wildman–Crippen MR) is 55.0 cm³/mol. The van der Waals surface area contributed by atoms with Gasteiger partial charge < -0.3 is 0 Å². The summed E-state index contributed by atoms with van der Waals surface area (Å²) in [6.45, 7) is 2.11. The molecule has 0 bridgehead atoms. The second kappa shape index (κ2) is 4.09. The van der Waals surface area contributed by atoms with Crippen LogP contribution in [0.2, 0.25) is 0 Å². The van der Waals surface area contributed by atoms with Gasteiger partial charge in [-0.15, -0.1) is 0 Å². The van der Waals surface area contributed by atoms with Crippen molar-refractivity contribution in [1.29, 1.82) is 0 Å². The van der Waals surface area contributed by atoms with Gasteiger partial charge in [0, 0.05) is 19.0 Å². The van der Waals surface area contributed by atoms with Gasteiger partial charge >= 0.3 is 0 Å². The molecule has 2 unspecified atom stereocenters. The molecule has 0 radical (unpaired) electrons. The van der Waals surface area contributed by atoms with Crippen LogP contribution >= 0.6 is 0 Å². The minimum atomic E-state index is -0.322. The Balaban J connectivity index is 2.24. The predicted octanol–water partition coefficient (Wildman–Crippen LogP) is 2.69. The molecule has 3 heteroatoms. The summed E-state index contributed by atoms with van der Waals surface area (Å²) in [6, 6.07) is 1.49. The van der Waals surface area contributed by atoms with Crippen LogP contribution in [0.4, 0.5) is 4.39 Å². The van der Waals surface area contributed by atoms with Crippen LogP contribution in [-0.2, 0) is 4.79 Å². The summed E-state index contributed by atoms with van der Waals surface area (Å²) in [7, 11) is 0. The summed E-state index contributed by atoms with van der Waals surface area (Å²) < 4.78 is 13.0. The Labute approximate surface area is 88.5 Å². The molecule has 0 amide bonds. The van der Waals surface area contributed by atoms with Gasteiger partial charge in [-0.05, 0) is 29.9 Å². The molecule has 0 aromatic carbocycles. The molecule has 0 saturated heterocycles. The molecule has 2 nitrogen and oxygen atoms in total. The van der Waals surface area contributed by atoms with Crippen molar-refractivity contribution in [3.05, 3.63) is 29.8 Å². The van der Waals surface area contributed by atoms with Crippen molar-refractivity contribution in [1.82, 2.24) is 4.98 Å². The zero-order valence-corrected chi connectivity index (χ0v) is 8.74. The van der Waals surface area contributed by atoms with Gasteiger partial charge in [0.05, 0.1) is 6.20 Å². The number of nitrogens with zero attached hydrogens (tertiary/aromatic N) is 1. The van der Waals surface area contributed by atoms with E-state index in [1.807, 2.05) is 0 Å². The number of ketones is 1. The van der Waals surface area contributed by atoms with E-state index >= 15 is 0 Å². The maximum Gasteiger partial charge on any atom is 0.141 e. The maximum absolute atomic E-state index is 13.0. The van der Waals surface area contributed by atoms with E-state index in [9.17, 15) is 9.18 Å². The quantitative estimate of drug-likeness (QED) is 0.708. The van der Waals surface area contributed by atoms with Gasteiger partial charge in [-0.3, -0.25) is 9.78 Å². The number of Topliss-reactive ketones (excluding diaryl/α,β-unsaturated/α-hetero) is 1. The Morgan fingerprint density at radius 1 is 1.47 bits per heavy atom. The van der Waals surface area contributed by atoms with Gasteiger partial charge in [-0.25, -0.2) is 4.39 Å². The number of hydrogen-bond donors (Lipinski definition) is 0. The van der Waals surface area contributed by atoms with Crippen LogP contribution in [0, 0.1) is 11.7 Å². The van der Waals surface area contributed by atoms with Gasteiger partial charge in [0.15, 0.2) is 0 Å². The van der Waals surface area contributed by atoms with Crippen LogP contribution in [0.1, 0.15) is 37.7 Å². The number of pyridine rings is 1. The molecule has 1 aliphatic carbocycles. The van der Waals surface area contributed by atoms with Crippen molar-refractivity contribution in [2.24, 2.45) is 5.92 Å². The van der Waals surface area contributed by atoms with Crippen LogP contribution < -0.4 is 0 Å². The normalized spacial score (nSPS) is 26.7. The fourth-order valence-electron chi connectivity index (χ4n) is 2.22. The Bertz CT molecular complexity index is 378. The van der Waals surface area contributed by atoms with Crippen LogP contribution in [-0.4, -0.2) is 10.8 Å². The SMILES string of the molecule is CC1CCC(=O)CC1c1cncc(F)c1. The highest BCUT2D eigenvalue weighted by Gasteiger charge is 2.27. The third kappa shape index (κ3) is 2.22. The van der Waals surface area contributed by atoms with E-state index in [0.29, 0.717) is 18.8 Å². The molecular weight excluding hydrogens is 193 g/mol. The molecule has 1 aromatic rings. The van der Waals surface area contributed by atoms with Crippen molar-refractivity contribution in [2.75, 3.05) is 0 Å². The molecule has 1 aliphatic rings. The number of carbonyl (C=O) groups excluding carboxylic acids is 1. The Morgan fingerprint density at radius 3 is 3.00 bits per heavy atom. The summed E-state index contributed by atoms with van der Waals surface area (Å²) >= 11 is 0. The number of rotatable bonds is 1. The molecular formula is C12H14FNO. The Hall–Kier alpha value is -1.25. The molecule has 0 N–H and O–H groups in total. The second-order valence-electron chi connectivity index (χ2n) is 4.30. The first-order valence-corrected chi connectivity index (χ1v) is 5.29. The lowest BCUT2D eigenvalue weighted by molar-refractivity contribution is -0.121. The lowest BCUT2D eigenvalue weighted by Gasteiger charge is -2.27. The number of carbonyl (C=O) groups is 1. The van der Waals surface area contributed by atoms with Crippen molar-refractivity contribution >= 4 is 5.78 Å². The van der Waals surface area contributed by atoms with E-state index in [-0.39, 0.29) is 17.5 Å². The highest BCUT2D eigenvalue weighted by Crippen LogP contribution is 2.35. The van der Waals surface area contributed by atoms with Crippen LogP contribution in [0.25, 0.3) is 0 Å². The minimum Gasteiger partial charge on any atom is -0.300 e. The summed E-state index contributed by atoms with van der Waals surface area (Å²) in [4.78, 5) is 15.2. The second-order valence-corrected chi connectivity index (χ2v) is 4.30. The van der Waals surface area contributed by atoms with Crippen LogP contribution in [0.3, 0.4) is 0 Å². The van der Waals surface area contributed by atoms with Gasteiger partial charge in [0.2, 0.25) is 0 Å². The lowest BCUT2D eigenvalue weighted by atomic mass is 9.76. The molecule has 15 heavy (non-hydrogen) atoms. The topological polar surface area (TPSA) is 30.0 Å². The van der Waals surface area contributed by atoms with Gasteiger partial charge in [-0.1, -0.05) is 6.92 Å². The van der Waals surface area contributed by atoms with Crippen molar-refractivity contribution in [2.45, 2.75) is 32.1 Å². The zero-order valence-electron chi connectivity index (χ0n) is 8.74. The van der Waals surface area contributed by atoms with E-state index < -0.39 is 0 Å². The molecule has 2 atom stereocenters. The molecule has 1 aromatic heterocycles. The highest BCUT2D eigenvalue weighted by atomic mass is 19.1. The Morgan fingerprint density at radius 2 is 2.27 bits per heavy atom. The summed E-state index contributed by atoms with van der Waals surface area (Å²) in [6.07, 6.45) is 4.97. The average molecular weight is 207 g/mol. The third-order valence-electron chi connectivity index (χ3n) is 3.17. The van der Waals surface area contributed by atoms with Gasteiger partial charge in [-0.2, -0.15) is 0 Å². The summed E-state index contributed by atoms with van der Waals surface area (Å²) in [5.41, 5.74) is 0.857. The molecule has 0 spiro atoms. The maximum atomic E-state index is 13.0. The molecule has 1 saturated carbocycles. The summed E-state index contributed by atoms with van der Waals surface area (Å²) in [5.74, 6) is 0.542. The first kappa shape index (κ1) is 10.3. The zero-order chi connectivity index (χ0) is 10.8. The highest BCUT2D eigenvalue weighted by molar-refractivity contribution is 5.80. The van der Waals surface area contributed by atoms with E-state index in [1.54, 1.807) is 6.20 Å². The third-order valence-corrected chi connectivity index (χ3v) is 3.17. The fraction of sp³-hybridized carbons (Fsp3) is 0.500. The average Bonchev–Trinajstić information content (AvgIpc) is 2.22. The van der Waals surface area contributed by atoms with Gasteiger partial charge in [0.25, 0.3) is 0 Å². The van der Waals surface area contributed by atoms with Crippen molar-refractivity contribution in [3.63, 3.8) is 0 Å². The molecule has 2 rings (SSSR count). The Kier molecular flexibility index (Phi) is 2.80. The molecule has 1 fully saturated rings. The summed E-state index contributed by atoms with van der Waals surface area (Å²) in [5, 5.41) is 0. The fourth-order valence-corrected chi connectivity index (χ4v) is 2.22. The monoisotopic (exact) mass is 207 g/mol. The van der Waals surface area contributed by atoms with E-state index in [2.05, 4.69) is 11.9 Å². The first-order valence-electron chi connectivity index (χ1n) is 5.29. The number of halogens is 1. The van der Waals surface area contributed by atoms with E-state index in [4.69, 9.17) is 0 Å². The van der Waals surface area contributed by atoms with Crippen molar-refractivity contribution in [3.8, 4) is 0 Å². The minimum absolute atomic E-state index is 0.148. The largest absolute Gasteiger partial charge is 0.300 e. The molecule has 1 heterocycles. The standard InChI is InChI=1S/C12H14FNO/c1-8-2-3-11(15)5-12(8)9-4-10(13)7-14-6-9/h4,6-8,12H,2-3,5H2,1H3. The van der Waals surface area contributed by atoms with E-state index in [1.165, 1.54) is 12.3 Å². The number of aromatic nitrogens is 1. The smallest absolute Gasteiger partial charge is 0.141 e. The number of hydrogen-bond acceptors (Lipinski definition) is 2. The van der Waals surface area contributed by atoms with E-state index in [0.717, 1.165) is 12.0 Å². The van der Waals surface area contributed by atoms with Crippen LogP contribution in [0.5, 0.6) is 0 Å². The lowest BCUT2D eigenvalue weighted by Crippen LogP contribution is -2.21. The van der Waals surface area contributed by atoms with Gasteiger partial charge in [0.1, 0.15) is 11.6 Å². The van der Waals surface area contributed by atoms with Crippen LogP contribution in [0.15, 0.2) is 18.5 Å². The molecule has 0 aliphatic heterocycles. The first-order chi connectivity index (χ1) is 7.16.